The number of hydrogen-bond donors (Lipinski definition) is 0. The van der Waals surface area contributed by atoms with E-state index in [-0.39, 0.29) is 0 Å². The predicted molar refractivity (Wildman–Crippen MR) is 147 cm³/mol. The molecule has 0 aromatic carbocycles. The minimum absolute atomic E-state index is 0.596. The molecule has 5 rings (SSSR count). The smallest absolute Gasteiger partial charge is 0.146 e. The Hall–Kier alpha value is -2.92. The fourth-order valence-corrected chi connectivity index (χ4v) is 12.6. The highest BCUT2D eigenvalue weighted by molar-refractivity contribution is 7.09. The van der Waals surface area contributed by atoms with Crippen molar-refractivity contribution in [3.63, 3.8) is 0 Å². The van der Waals surface area contributed by atoms with E-state index in [1.54, 1.807) is 0 Å². The summed E-state index contributed by atoms with van der Waals surface area (Å²) in [6, 6.07) is 8.34. The summed E-state index contributed by atoms with van der Waals surface area (Å²) >= 11 is 1.81. The molecule has 0 spiro atoms. The fraction of sp³-hybridized carbons (Fsp3) is 0.333. The molecule has 34 heavy (non-hydrogen) atoms. The summed E-state index contributed by atoms with van der Waals surface area (Å²) in [5, 5.41) is 0. The Labute approximate surface area is 207 Å². The topological polar surface area (TPSA) is 25.8 Å². The van der Waals surface area contributed by atoms with Crippen molar-refractivity contribution in [2.75, 3.05) is 0 Å². The molecular weight excluding hydrogens is 448 g/mol. The largest absolute Gasteiger partial charge is 0.256 e. The molecule has 0 amide bonds. The van der Waals surface area contributed by atoms with Crippen molar-refractivity contribution in [3.8, 4) is 45.8 Å². The van der Waals surface area contributed by atoms with Gasteiger partial charge in [-0.1, -0.05) is 53.4 Å². The van der Waals surface area contributed by atoms with Crippen LogP contribution < -0.4 is 9.06 Å². The Bertz CT molecular complexity index is 1540. The number of fused-ring (bicyclic) bond motifs is 7. The Balaban J connectivity index is 1.87. The number of pyridine rings is 2. The van der Waals surface area contributed by atoms with E-state index in [1.807, 2.05) is 42.8 Å². The zero-order valence-corrected chi connectivity index (χ0v) is 22.8. The van der Waals surface area contributed by atoms with Gasteiger partial charge < -0.3 is 0 Å². The maximum Gasteiger partial charge on any atom is 0.146 e. The Kier molecular flexibility index (Phi) is 5.63. The molecule has 0 fully saturated rings. The first-order valence-electron chi connectivity index (χ1n) is 12.1. The van der Waals surface area contributed by atoms with Gasteiger partial charge in [0.05, 0.1) is 31.6 Å². The maximum absolute atomic E-state index is 4.85. The Morgan fingerprint density at radius 1 is 0.735 bits per heavy atom. The minimum Gasteiger partial charge on any atom is -0.256 e. The summed E-state index contributed by atoms with van der Waals surface area (Å²) in [6.07, 6.45) is 3.77. The summed E-state index contributed by atoms with van der Waals surface area (Å²) in [6.45, 7) is 16.1. The van der Waals surface area contributed by atoms with E-state index in [0.29, 0.717) is 16.6 Å². The standard InChI is InChI=1S/C30H30N2SSi/c1-8-11-23-21-12-9-15-31-27(21)25-26-28-22(13-10-16-32-28)24(30(26)33-29(23)25)14-17-34(18(2)3,19(4)5)20(6)7/h9-10,12-13,15-16,18-20H,1-7H3. The van der Waals surface area contributed by atoms with E-state index in [1.165, 1.54) is 20.2 Å². The maximum atomic E-state index is 4.85. The van der Waals surface area contributed by atoms with Crippen molar-refractivity contribution in [2.24, 2.45) is 0 Å². The first-order valence-corrected chi connectivity index (χ1v) is 15.2. The lowest BCUT2D eigenvalue weighted by atomic mass is 10.0. The molecule has 2 nitrogen and oxygen atoms in total. The molecule has 2 aliphatic rings. The summed E-state index contributed by atoms with van der Waals surface area (Å²) < 4.78 is 2.45. The lowest BCUT2D eigenvalue weighted by Gasteiger charge is -2.38. The predicted octanol–water partition coefficient (Wildman–Crippen LogP) is 6.14. The van der Waals surface area contributed by atoms with Crippen molar-refractivity contribution >= 4 is 30.6 Å². The average Bonchev–Trinajstić information content (AvgIpc) is 3.41. The second-order valence-electron chi connectivity index (χ2n) is 10.1. The van der Waals surface area contributed by atoms with Crippen LogP contribution in [0.4, 0.5) is 0 Å². The monoisotopic (exact) mass is 478 g/mol. The molecule has 0 aliphatic heterocycles. The Morgan fingerprint density at radius 3 is 1.65 bits per heavy atom. The van der Waals surface area contributed by atoms with Gasteiger partial charge in [0.15, 0.2) is 0 Å². The SMILES string of the molecule is CC#CC1=c2sc3c(c2-c2ncccc21)-c1ncccc1C=3C#C[Si](C(C)C)(C(C)C)C(C)C. The van der Waals surface area contributed by atoms with Crippen LogP contribution >= 0.6 is 11.3 Å². The van der Waals surface area contributed by atoms with Crippen LogP contribution in [0.15, 0.2) is 36.7 Å². The summed E-state index contributed by atoms with van der Waals surface area (Å²) in [4.78, 5) is 9.64. The second-order valence-corrected chi connectivity index (χ2v) is 16.7. The molecule has 3 aromatic rings. The van der Waals surface area contributed by atoms with E-state index in [2.05, 4.69) is 77.0 Å². The van der Waals surface area contributed by atoms with Gasteiger partial charge in [-0.3, -0.25) is 9.97 Å². The highest BCUT2D eigenvalue weighted by atomic mass is 32.1. The molecule has 3 aromatic heterocycles. The van der Waals surface area contributed by atoms with Gasteiger partial charge in [-0.2, -0.15) is 0 Å². The molecule has 0 bridgehead atoms. The van der Waals surface area contributed by atoms with E-state index in [4.69, 9.17) is 9.97 Å². The first-order chi connectivity index (χ1) is 16.3. The van der Waals surface area contributed by atoms with Crippen LogP contribution in [-0.2, 0) is 0 Å². The Morgan fingerprint density at radius 2 is 1.21 bits per heavy atom. The third kappa shape index (κ3) is 3.09. The van der Waals surface area contributed by atoms with Crippen LogP contribution in [0.3, 0.4) is 0 Å². The lowest BCUT2D eigenvalue weighted by molar-refractivity contribution is 0.838. The molecule has 0 saturated carbocycles. The second kappa shape index (κ2) is 8.38. The van der Waals surface area contributed by atoms with Gasteiger partial charge in [0, 0.05) is 34.6 Å². The fourth-order valence-electron chi connectivity index (χ4n) is 6.07. The molecule has 0 unspecified atom stereocenters. The van der Waals surface area contributed by atoms with Crippen LogP contribution in [0, 0.1) is 23.3 Å². The molecule has 0 atom stereocenters. The third-order valence-electron chi connectivity index (χ3n) is 7.51. The number of aromatic nitrogens is 2. The first kappa shape index (κ1) is 22.8. The van der Waals surface area contributed by atoms with Gasteiger partial charge in [-0.15, -0.1) is 22.8 Å². The van der Waals surface area contributed by atoms with Crippen molar-refractivity contribution in [1.29, 1.82) is 0 Å². The average molecular weight is 479 g/mol. The molecule has 2 aliphatic carbocycles. The van der Waals surface area contributed by atoms with Crippen LogP contribution in [0.1, 0.15) is 59.6 Å². The zero-order chi connectivity index (χ0) is 24.2. The third-order valence-corrected chi connectivity index (χ3v) is 15.0. The van der Waals surface area contributed by atoms with Crippen molar-refractivity contribution in [1.82, 2.24) is 9.97 Å². The number of thiophene rings is 1. The zero-order valence-electron chi connectivity index (χ0n) is 21.0. The van der Waals surface area contributed by atoms with Crippen molar-refractivity contribution < 1.29 is 0 Å². The van der Waals surface area contributed by atoms with Gasteiger partial charge in [0.1, 0.15) is 8.07 Å². The molecule has 3 heterocycles. The quantitative estimate of drug-likeness (QED) is 0.334. The van der Waals surface area contributed by atoms with Gasteiger partial charge in [0.25, 0.3) is 0 Å². The van der Waals surface area contributed by atoms with Crippen molar-refractivity contribution in [3.05, 3.63) is 56.9 Å². The van der Waals surface area contributed by atoms with Gasteiger partial charge in [-0.25, -0.2) is 0 Å². The summed E-state index contributed by atoms with van der Waals surface area (Å²) in [5.74, 6) is 10.3. The number of nitrogens with zero attached hydrogens (tertiary/aromatic N) is 2. The van der Waals surface area contributed by atoms with Crippen LogP contribution in [0.25, 0.3) is 33.7 Å². The van der Waals surface area contributed by atoms with E-state index < -0.39 is 8.07 Å². The molecular formula is C30H30N2SSi. The highest BCUT2D eigenvalue weighted by Gasteiger charge is 2.42. The highest BCUT2D eigenvalue weighted by Crippen LogP contribution is 2.43. The van der Waals surface area contributed by atoms with Gasteiger partial charge in [-0.05, 0) is 47.8 Å². The number of hydrogen-bond acceptors (Lipinski definition) is 3. The van der Waals surface area contributed by atoms with Crippen LogP contribution in [0.2, 0.25) is 16.6 Å². The van der Waals surface area contributed by atoms with E-state index in [0.717, 1.165) is 33.7 Å². The van der Waals surface area contributed by atoms with Crippen molar-refractivity contribution in [2.45, 2.75) is 65.1 Å². The van der Waals surface area contributed by atoms with E-state index in [9.17, 15) is 0 Å². The summed E-state index contributed by atoms with van der Waals surface area (Å²) in [7, 11) is -1.86. The van der Waals surface area contributed by atoms with Crippen LogP contribution in [-0.4, -0.2) is 18.0 Å². The molecule has 0 saturated heterocycles. The normalized spacial score (nSPS) is 13.4. The molecule has 170 valence electrons. The minimum atomic E-state index is -1.86. The summed E-state index contributed by atoms with van der Waals surface area (Å²) in [5.41, 5.74) is 14.7. The lowest BCUT2D eigenvalue weighted by Crippen LogP contribution is -2.43. The number of rotatable bonds is 3. The molecule has 4 heteroatoms. The molecule has 0 N–H and O–H groups in total. The van der Waals surface area contributed by atoms with Gasteiger partial charge in [0.2, 0.25) is 0 Å². The van der Waals surface area contributed by atoms with Crippen LogP contribution in [0.5, 0.6) is 0 Å². The molecule has 0 radical (unpaired) electrons. The van der Waals surface area contributed by atoms with Gasteiger partial charge >= 0.3 is 0 Å². The van der Waals surface area contributed by atoms with E-state index >= 15 is 0 Å².